The highest BCUT2D eigenvalue weighted by molar-refractivity contribution is 5.72. The number of aryl methyl sites for hydroxylation is 1. The molecule has 1 aromatic rings. The van der Waals surface area contributed by atoms with Crippen LogP contribution in [0.2, 0.25) is 0 Å². The van der Waals surface area contributed by atoms with E-state index in [0.717, 1.165) is 0 Å². The summed E-state index contributed by atoms with van der Waals surface area (Å²) in [4.78, 5) is 21.1. The summed E-state index contributed by atoms with van der Waals surface area (Å²) in [5.41, 5.74) is 0.514. The molecular formula is C8H11N3O4. The lowest BCUT2D eigenvalue weighted by Gasteiger charge is -2.11. The van der Waals surface area contributed by atoms with Gasteiger partial charge in [0.2, 0.25) is 0 Å². The van der Waals surface area contributed by atoms with E-state index in [1.54, 1.807) is 7.05 Å². The van der Waals surface area contributed by atoms with Crippen LogP contribution >= 0.6 is 0 Å². The summed E-state index contributed by atoms with van der Waals surface area (Å²) in [6.45, 7) is 0. The molecule has 0 aliphatic rings. The van der Waals surface area contributed by atoms with Gasteiger partial charge in [0.25, 0.3) is 0 Å². The average molecular weight is 213 g/mol. The molecule has 0 amide bonds. The van der Waals surface area contributed by atoms with Gasteiger partial charge < -0.3 is 10.2 Å². The van der Waals surface area contributed by atoms with Crippen molar-refractivity contribution in [3.8, 4) is 0 Å². The SMILES string of the molecule is Cn1nncc1C(CC(=O)O)CC(=O)O. The Hall–Kier alpha value is -1.92. The van der Waals surface area contributed by atoms with Crippen LogP contribution < -0.4 is 0 Å². The molecule has 0 aromatic carbocycles. The molecular weight excluding hydrogens is 202 g/mol. The third-order valence-electron chi connectivity index (χ3n) is 2.01. The molecule has 82 valence electrons. The highest BCUT2D eigenvalue weighted by Crippen LogP contribution is 2.21. The molecule has 0 bridgehead atoms. The second-order valence-electron chi connectivity index (χ2n) is 3.18. The first kappa shape index (κ1) is 11.2. The van der Waals surface area contributed by atoms with Crippen molar-refractivity contribution in [2.24, 2.45) is 7.05 Å². The molecule has 0 unspecified atom stereocenters. The lowest BCUT2D eigenvalue weighted by Crippen LogP contribution is -2.14. The molecule has 0 saturated carbocycles. The standard InChI is InChI=1S/C8H11N3O4/c1-11-6(4-9-10-11)5(2-7(12)13)3-8(14)15/h4-5H,2-3H2,1H3,(H,12,13)(H,14,15). The van der Waals surface area contributed by atoms with Crippen LogP contribution in [-0.2, 0) is 16.6 Å². The van der Waals surface area contributed by atoms with E-state index >= 15 is 0 Å². The van der Waals surface area contributed by atoms with Crippen LogP contribution in [0.5, 0.6) is 0 Å². The second kappa shape index (κ2) is 4.54. The van der Waals surface area contributed by atoms with Gasteiger partial charge in [-0.3, -0.25) is 14.3 Å². The molecule has 0 aliphatic carbocycles. The van der Waals surface area contributed by atoms with Crippen molar-refractivity contribution in [1.82, 2.24) is 15.0 Å². The van der Waals surface area contributed by atoms with E-state index in [9.17, 15) is 9.59 Å². The zero-order valence-corrected chi connectivity index (χ0v) is 8.12. The number of carboxylic acids is 2. The first-order chi connectivity index (χ1) is 7.00. The number of carbonyl (C=O) groups is 2. The molecule has 0 saturated heterocycles. The van der Waals surface area contributed by atoms with Gasteiger partial charge in [0.1, 0.15) is 0 Å². The van der Waals surface area contributed by atoms with Crippen LogP contribution in [0.15, 0.2) is 6.20 Å². The monoisotopic (exact) mass is 213 g/mol. The maximum Gasteiger partial charge on any atom is 0.304 e. The van der Waals surface area contributed by atoms with E-state index in [1.807, 2.05) is 0 Å². The Bertz CT molecular complexity index is 358. The fourth-order valence-corrected chi connectivity index (χ4v) is 1.37. The summed E-state index contributed by atoms with van der Waals surface area (Å²) in [5, 5.41) is 24.5. The second-order valence-corrected chi connectivity index (χ2v) is 3.18. The van der Waals surface area contributed by atoms with Gasteiger partial charge in [-0.05, 0) is 0 Å². The van der Waals surface area contributed by atoms with Crippen molar-refractivity contribution in [1.29, 1.82) is 0 Å². The molecule has 1 rings (SSSR count). The van der Waals surface area contributed by atoms with Crippen molar-refractivity contribution >= 4 is 11.9 Å². The molecule has 7 heteroatoms. The van der Waals surface area contributed by atoms with E-state index in [4.69, 9.17) is 10.2 Å². The quantitative estimate of drug-likeness (QED) is 0.704. The Morgan fingerprint density at radius 3 is 2.27 bits per heavy atom. The lowest BCUT2D eigenvalue weighted by molar-refractivity contribution is -0.139. The first-order valence-electron chi connectivity index (χ1n) is 4.29. The van der Waals surface area contributed by atoms with Crippen molar-refractivity contribution in [2.45, 2.75) is 18.8 Å². The molecule has 1 aromatic heterocycles. The summed E-state index contributed by atoms with van der Waals surface area (Å²) >= 11 is 0. The number of hydrogen-bond acceptors (Lipinski definition) is 4. The minimum atomic E-state index is -1.04. The lowest BCUT2D eigenvalue weighted by atomic mass is 9.98. The number of nitrogens with zero attached hydrogens (tertiary/aromatic N) is 3. The molecule has 1 heterocycles. The third-order valence-corrected chi connectivity index (χ3v) is 2.01. The van der Waals surface area contributed by atoms with Gasteiger partial charge in [-0.25, -0.2) is 0 Å². The summed E-state index contributed by atoms with van der Waals surface area (Å²) in [7, 11) is 1.60. The Kier molecular flexibility index (Phi) is 3.37. The molecule has 0 fully saturated rings. The molecule has 15 heavy (non-hydrogen) atoms. The number of aromatic nitrogens is 3. The Morgan fingerprint density at radius 1 is 1.40 bits per heavy atom. The predicted molar refractivity (Wildman–Crippen MR) is 48.2 cm³/mol. The van der Waals surface area contributed by atoms with Gasteiger partial charge in [0, 0.05) is 13.0 Å². The molecule has 0 atom stereocenters. The predicted octanol–water partition coefficient (Wildman–Crippen LogP) is -0.152. The van der Waals surface area contributed by atoms with Gasteiger partial charge in [-0.1, -0.05) is 5.21 Å². The van der Waals surface area contributed by atoms with Gasteiger partial charge >= 0.3 is 11.9 Å². The van der Waals surface area contributed by atoms with Crippen molar-refractivity contribution < 1.29 is 19.8 Å². The summed E-state index contributed by atoms with van der Waals surface area (Å²) in [5.74, 6) is -2.68. The molecule has 0 aliphatic heterocycles. The highest BCUT2D eigenvalue weighted by Gasteiger charge is 2.22. The van der Waals surface area contributed by atoms with Crippen molar-refractivity contribution in [2.75, 3.05) is 0 Å². The van der Waals surface area contributed by atoms with Crippen LogP contribution in [0.25, 0.3) is 0 Å². The number of rotatable bonds is 5. The normalized spacial score (nSPS) is 10.5. The summed E-state index contributed by atoms with van der Waals surface area (Å²) < 4.78 is 1.39. The van der Waals surface area contributed by atoms with E-state index in [-0.39, 0.29) is 12.8 Å². The minimum Gasteiger partial charge on any atom is -0.481 e. The zero-order valence-electron chi connectivity index (χ0n) is 8.12. The number of hydrogen-bond donors (Lipinski definition) is 2. The maximum absolute atomic E-state index is 10.6. The fraction of sp³-hybridized carbons (Fsp3) is 0.500. The van der Waals surface area contributed by atoms with Crippen LogP contribution in [0.3, 0.4) is 0 Å². The third kappa shape index (κ3) is 3.04. The minimum absolute atomic E-state index is 0.243. The molecule has 0 radical (unpaired) electrons. The van der Waals surface area contributed by atoms with Gasteiger partial charge in [-0.15, -0.1) is 5.10 Å². The van der Waals surface area contributed by atoms with Crippen molar-refractivity contribution in [3.63, 3.8) is 0 Å². The Balaban J connectivity index is 2.85. The van der Waals surface area contributed by atoms with Crippen LogP contribution in [0.4, 0.5) is 0 Å². The highest BCUT2D eigenvalue weighted by atomic mass is 16.4. The fourth-order valence-electron chi connectivity index (χ4n) is 1.37. The average Bonchev–Trinajstić information content (AvgIpc) is 2.48. The molecule has 2 N–H and O–H groups in total. The van der Waals surface area contributed by atoms with Gasteiger partial charge in [0.15, 0.2) is 0 Å². The van der Waals surface area contributed by atoms with Crippen LogP contribution in [-0.4, -0.2) is 37.1 Å². The Morgan fingerprint density at radius 2 is 1.93 bits per heavy atom. The zero-order chi connectivity index (χ0) is 11.4. The summed E-state index contributed by atoms with van der Waals surface area (Å²) in [6, 6.07) is 0. The van der Waals surface area contributed by atoms with Crippen LogP contribution in [0.1, 0.15) is 24.5 Å². The number of aliphatic carboxylic acids is 2. The van der Waals surface area contributed by atoms with Crippen LogP contribution in [0, 0.1) is 0 Å². The molecule has 7 nitrogen and oxygen atoms in total. The largest absolute Gasteiger partial charge is 0.481 e. The van der Waals surface area contributed by atoms with Gasteiger partial charge in [-0.2, -0.15) is 0 Å². The van der Waals surface area contributed by atoms with E-state index in [0.29, 0.717) is 5.69 Å². The van der Waals surface area contributed by atoms with Crippen molar-refractivity contribution in [3.05, 3.63) is 11.9 Å². The first-order valence-corrected chi connectivity index (χ1v) is 4.29. The maximum atomic E-state index is 10.6. The van der Waals surface area contributed by atoms with E-state index < -0.39 is 17.9 Å². The van der Waals surface area contributed by atoms with E-state index in [2.05, 4.69) is 10.3 Å². The Labute approximate surface area is 85.3 Å². The summed E-state index contributed by atoms with van der Waals surface area (Å²) in [6.07, 6.45) is 0.900. The smallest absolute Gasteiger partial charge is 0.304 e. The van der Waals surface area contributed by atoms with Gasteiger partial charge in [0.05, 0.1) is 24.7 Å². The molecule has 0 spiro atoms. The number of carboxylic acid groups (broad SMARTS) is 2. The van der Waals surface area contributed by atoms with E-state index in [1.165, 1.54) is 10.9 Å². The topological polar surface area (TPSA) is 105 Å².